The lowest BCUT2D eigenvalue weighted by molar-refractivity contribution is 0.552. The van der Waals surface area contributed by atoms with Crippen LogP contribution in [0.5, 0.6) is 0 Å². The Morgan fingerprint density at radius 1 is 1.14 bits per heavy atom. The first kappa shape index (κ1) is 10.1. The molecule has 0 fully saturated rings. The highest BCUT2D eigenvalue weighted by molar-refractivity contribution is 6.47. The van der Waals surface area contributed by atoms with E-state index in [1.165, 1.54) is 0 Å². The maximum atomic E-state index is 5.98. The first-order valence-corrected chi connectivity index (χ1v) is 5.03. The van der Waals surface area contributed by atoms with Crippen molar-refractivity contribution in [2.24, 2.45) is 5.73 Å². The minimum absolute atomic E-state index is 0.305. The van der Waals surface area contributed by atoms with Gasteiger partial charge in [0.25, 0.3) is 0 Å². The highest BCUT2D eigenvalue weighted by Gasteiger charge is 2.13. The lowest BCUT2D eigenvalue weighted by Crippen LogP contribution is -1.92. The molecule has 2 rings (SSSR count). The molecule has 2 N–H and O–H groups in total. The van der Waals surface area contributed by atoms with Crippen LogP contribution in [-0.4, -0.2) is 0 Å². The van der Waals surface area contributed by atoms with Gasteiger partial charge in [-0.2, -0.15) is 0 Å². The van der Waals surface area contributed by atoms with Crippen LogP contribution >= 0.6 is 34.8 Å². The average Bonchev–Trinajstić information content (AvgIpc) is 2.58. The molecule has 1 aromatic heterocycles. The fourth-order valence-electron chi connectivity index (χ4n) is 1.25. The summed E-state index contributed by atoms with van der Waals surface area (Å²) in [6.07, 6.45) is 0. The van der Waals surface area contributed by atoms with Crippen molar-refractivity contribution < 1.29 is 4.42 Å². The summed E-state index contributed by atoms with van der Waals surface area (Å²) in [4.78, 5) is 0. The van der Waals surface area contributed by atoms with E-state index in [9.17, 15) is 0 Å². The fourth-order valence-corrected chi connectivity index (χ4v) is 1.96. The number of rotatable bonds is 1. The number of fused-ring (bicyclic) bond motifs is 1. The summed E-state index contributed by atoms with van der Waals surface area (Å²) < 4.78 is 5.38. The Labute approximate surface area is 95.5 Å². The molecule has 74 valence electrons. The first-order chi connectivity index (χ1) is 6.63. The summed E-state index contributed by atoms with van der Waals surface area (Å²) >= 11 is 17.8. The molecule has 0 saturated heterocycles. The lowest BCUT2D eigenvalue weighted by atomic mass is 10.2. The second-order valence-corrected chi connectivity index (χ2v) is 4.01. The molecule has 1 aromatic carbocycles. The third-order valence-corrected chi connectivity index (χ3v) is 2.98. The van der Waals surface area contributed by atoms with Gasteiger partial charge in [0.15, 0.2) is 5.58 Å². The number of halogens is 3. The summed E-state index contributed by atoms with van der Waals surface area (Å²) in [5.41, 5.74) is 5.97. The highest BCUT2D eigenvalue weighted by atomic mass is 35.5. The lowest BCUT2D eigenvalue weighted by Gasteiger charge is -1.97. The van der Waals surface area contributed by atoms with E-state index in [1.807, 2.05) is 0 Å². The van der Waals surface area contributed by atoms with E-state index in [0.717, 1.165) is 0 Å². The Hall–Kier alpha value is -0.410. The Morgan fingerprint density at radius 2 is 1.86 bits per heavy atom. The van der Waals surface area contributed by atoms with E-state index >= 15 is 0 Å². The largest absolute Gasteiger partial charge is 0.458 e. The molecule has 5 heteroatoms. The molecule has 0 aliphatic rings. The van der Waals surface area contributed by atoms with E-state index in [0.29, 0.717) is 38.3 Å². The fraction of sp³-hybridized carbons (Fsp3) is 0.111. The van der Waals surface area contributed by atoms with Crippen molar-refractivity contribution in [3.63, 3.8) is 0 Å². The maximum Gasteiger partial charge on any atom is 0.154 e. The molecule has 14 heavy (non-hydrogen) atoms. The molecular formula is C9H6Cl3NO. The van der Waals surface area contributed by atoms with Crippen LogP contribution in [-0.2, 0) is 6.54 Å². The van der Waals surface area contributed by atoms with Gasteiger partial charge in [0.2, 0.25) is 0 Å². The van der Waals surface area contributed by atoms with Gasteiger partial charge in [-0.3, -0.25) is 0 Å². The molecule has 2 aromatic rings. The maximum absolute atomic E-state index is 5.98. The SMILES string of the molecule is NCc1cc2c(Cl)c(Cl)cc(Cl)c2o1. The van der Waals surface area contributed by atoms with Crippen LogP contribution in [0.1, 0.15) is 5.76 Å². The molecular weight excluding hydrogens is 244 g/mol. The van der Waals surface area contributed by atoms with Crippen molar-refractivity contribution in [2.45, 2.75) is 6.54 Å². The van der Waals surface area contributed by atoms with Crippen molar-refractivity contribution in [3.8, 4) is 0 Å². The third-order valence-electron chi connectivity index (χ3n) is 1.90. The zero-order chi connectivity index (χ0) is 10.3. The summed E-state index contributed by atoms with van der Waals surface area (Å²) in [6, 6.07) is 3.30. The molecule has 0 aliphatic carbocycles. The van der Waals surface area contributed by atoms with Crippen LogP contribution < -0.4 is 5.73 Å². The Bertz CT molecular complexity index is 492. The quantitative estimate of drug-likeness (QED) is 0.781. The second kappa shape index (κ2) is 3.63. The van der Waals surface area contributed by atoms with Gasteiger partial charge in [0, 0.05) is 5.39 Å². The van der Waals surface area contributed by atoms with Crippen LogP contribution in [0.3, 0.4) is 0 Å². The Kier molecular flexibility index (Phi) is 2.62. The van der Waals surface area contributed by atoms with E-state index in [4.69, 9.17) is 45.0 Å². The monoisotopic (exact) mass is 249 g/mol. The van der Waals surface area contributed by atoms with Crippen molar-refractivity contribution in [1.29, 1.82) is 0 Å². The molecule has 0 saturated carbocycles. The summed E-state index contributed by atoms with van der Waals surface area (Å²) in [5, 5.41) is 1.99. The van der Waals surface area contributed by atoms with Gasteiger partial charge in [-0.15, -0.1) is 0 Å². The van der Waals surface area contributed by atoms with Gasteiger partial charge in [0.05, 0.1) is 21.6 Å². The predicted molar refractivity (Wildman–Crippen MR) is 59.1 cm³/mol. The number of benzene rings is 1. The van der Waals surface area contributed by atoms with E-state index < -0.39 is 0 Å². The van der Waals surface area contributed by atoms with E-state index in [2.05, 4.69) is 0 Å². The molecule has 0 bridgehead atoms. The van der Waals surface area contributed by atoms with Crippen LogP contribution in [0.25, 0.3) is 11.0 Å². The zero-order valence-electron chi connectivity index (χ0n) is 6.98. The average molecular weight is 251 g/mol. The molecule has 0 unspecified atom stereocenters. The summed E-state index contributed by atoms with van der Waals surface area (Å²) in [6.45, 7) is 0.305. The smallest absolute Gasteiger partial charge is 0.154 e. The first-order valence-electron chi connectivity index (χ1n) is 3.89. The van der Waals surface area contributed by atoms with E-state index in [-0.39, 0.29) is 0 Å². The number of hydrogen-bond acceptors (Lipinski definition) is 2. The third kappa shape index (κ3) is 1.48. The van der Waals surface area contributed by atoms with Gasteiger partial charge in [-0.25, -0.2) is 0 Å². The van der Waals surface area contributed by atoms with Crippen LogP contribution in [0.15, 0.2) is 16.5 Å². The van der Waals surface area contributed by atoms with Gasteiger partial charge in [-0.1, -0.05) is 34.8 Å². The Morgan fingerprint density at radius 3 is 2.50 bits per heavy atom. The van der Waals surface area contributed by atoms with Crippen LogP contribution in [0.2, 0.25) is 15.1 Å². The van der Waals surface area contributed by atoms with Crippen molar-refractivity contribution in [1.82, 2.24) is 0 Å². The van der Waals surface area contributed by atoms with Crippen molar-refractivity contribution >= 4 is 45.8 Å². The normalized spacial score (nSPS) is 11.1. The molecule has 0 spiro atoms. The standard InChI is InChI=1S/C9H6Cl3NO/c10-6-2-7(11)9-5(8(6)12)1-4(3-13)14-9/h1-2H,3,13H2. The topological polar surface area (TPSA) is 39.2 Å². The van der Waals surface area contributed by atoms with Crippen molar-refractivity contribution in [2.75, 3.05) is 0 Å². The number of hydrogen-bond donors (Lipinski definition) is 1. The molecule has 2 nitrogen and oxygen atoms in total. The molecule has 0 atom stereocenters. The minimum Gasteiger partial charge on any atom is -0.458 e. The van der Waals surface area contributed by atoms with Crippen molar-refractivity contribution in [3.05, 3.63) is 33.0 Å². The zero-order valence-corrected chi connectivity index (χ0v) is 9.25. The van der Waals surface area contributed by atoms with Gasteiger partial charge < -0.3 is 10.2 Å². The molecule has 0 amide bonds. The number of nitrogens with two attached hydrogens (primary N) is 1. The van der Waals surface area contributed by atoms with Gasteiger partial charge in [0.1, 0.15) is 5.76 Å². The van der Waals surface area contributed by atoms with E-state index in [1.54, 1.807) is 12.1 Å². The number of furan rings is 1. The predicted octanol–water partition coefficient (Wildman–Crippen LogP) is 3.85. The van der Waals surface area contributed by atoms with Gasteiger partial charge in [-0.05, 0) is 12.1 Å². The Balaban J connectivity index is 2.84. The summed E-state index contributed by atoms with van der Waals surface area (Å²) in [5.74, 6) is 0.631. The van der Waals surface area contributed by atoms with Gasteiger partial charge >= 0.3 is 0 Å². The molecule has 0 aliphatic heterocycles. The molecule has 0 radical (unpaired) electrons. The highest BCUT2D eigenvalue weighted by Crippen LogP contribution is 2.37. The summed E-state index contributed by atoms with van der Waals surface area (Å²) in [7, 11) is 0. The molecule has 1 heterocycles. The van der Waals surface area contributed by atoms with Crippen LogP contribution in [0.4, 0.5) is 0 Å². The minimum atomic E-state index is 0.305. The second-order valence-electron chi connectivity index (χ2n) is 2.81. The van der Waals surface area contributed by atoms with Crippen LogP contribution in [0, 0.1) is 0 Å².